The molecule has 0 radical (unpaired) electrons. The predicted molar refractivity (Wildman–Crippen MR) is 123 cm³/mol. The molecule has 2 aromatic carbocycles. The van der Waals surface area contributed by atoms with Crippen LogP contribution in [0.4, 0.5) is 10.5 Å². The van der Waals surface area contributed by atoms with Gasteiger partial charge in [-0.3, -0.25) is 9.10 Å². The molecular formula is C23H31N3O3S. The number of carbonyl (C=O) groups is 2. The zero-order chi connectivity index (χ0) is 22.3. The van der Waals surface area contributed by atoms with Crippen LogP contribution < -0.4 is 11.1 Å². The average molecular weight is 430 g/mol. The van der Waals surface area contributed by atoms with Crippen molar-refractivity contribution in [3.05, 3.63) is 65.7 Å². The molecule has 30 heavy (non-hydrogen) atoms. The first-order valence-corrected chi connectivity index (χ1v) is 10.3. The molecule has 0 aliphatic rings. The molecule has 2 rings (SSSR count). The van der Waals surface area contributed by atoms with Crippen molar-refractivity contribution < 1.29 is 14.3 Å². The first-order chi connectivity index (χ1) is 14.1. The van der Waals surface area contributed by atoms with Gasteiger partial charge in [-0.1, -0.05) is 55.3 Å². The highest BCUT2D eigenvalue weighted by Crippen LogP contribution is 2.19. The Bertz CT molecular complexity index is 835. The number of esters is 1. The lowest BCUT2D eigenvalue weighted by Gasteiger charge is -2.29. The fraction of sp³-hybridized carbons (Fsp3) is 0.391. The molecule has 0 saturated heterocycles. The second kappa shape index (κ2) is 10.4. The van der Waals surface area contributed by atoms with Gasteiger partial charge in [0.2, 0.25) is 0 Å². The Balaban J connectivity index is 2.09. The lowest BCUT2D eigenvalue weighted by Crippen LogP contribution is -2.45. The molecule has 0 bridgehead atoms. The maximum atomic E-state index is 12.8. The van der Waals surface area contributed by atoms with Crippen molar-refractivity contribution >= 4 is 30.5 Å². The summed E-state index contributed by atoms with van der Waals surface area (Å²) < 4.78 is 6.79. The Morgan fingerprint density at radius 2 is 1.70 bits per heavy atom. The minimum Gasteiger partial charge on any atom is -0.463 e. The summed E-state index contributed by atoms with van der Waals surface area (Å²) in [5.74, 6) is -0.321. The van der Waals surface area contributed by atoms with Gasteiger partial charge in [-0.2, -0.15) is 0 Å². The van der Waals surface area contributed by atoms with Crippen LogP contribution in [0.25, 0.3) is 0 Å². The number of nitrogens with one attached hydrogen (secondary N) is 1. The normalized spacial score (nSPS) is 13.2. The van der Waals surface area contributed by atoms with Gasteiger partial charge < -0.3 is 15.8 Å². The number of hydrogen-bond donors (Lipinski definition) is 3. The molecular weight excluding hydrogens is 398 g/mol. The number of nitrogen functional groups attached to an aromatic ring is 1. The fourth-order valence-corrected chi connectivity index (χ4v) is 2.98. The van der Waals surface area contributed by atoms with E-state index < -0.39 is 11.5 Å². The Morgan fingerprint density at radius 1 is 1.10 bits per heavy atom. The van der Waals surface area contributed by atoms with Crippen LogP contribution in [-0.4, -0.2) is 29.0 Å². The molecule has 2 amide bonds. The number of ether oxygens (including phenoxy) is 1. The topological polar surface area (TPSA) is 84.7 Å². The van der Waals surface area contributed by atoms with Gasteiger partial charge in [0.25, 0.3) is 0 Å². The van der Waals surface area contributed by atoms with Crippen molar-refractivity contribution in [3.63, 3.8) is 0 Å². The van der Waals surface area contributed by atoms with Gasteiger partial charge in [-0.15, -0.1) is 0 Å². The predicted octanol–water partition coefficient (Wildman–Crippen LogP) is 4.39. The molecule has 0 heterocycles. The highest BCUT2D eigenvalue weighted by molar-refractivity contribution is 7.78. The van der Waals surface area contributed by atoms with Gasteiger partial charge in [0.05, 0.1) is 17.5 Å². The van der Waals surface area contributed by atoms with Crippen molar-refractivity contribution in [3.8, 4) is 0 Å². The Labute approximate surface area is 184 Å². The van der Waals surface area contributed by atoms with Crippen LogP contribution in [0, 0.1) is 5.41 Å². The first-order valence-electron chi connectivity index (χ1n) is 9.93. The second-order valence-electron chi connectivity index (χ2n) is 8.37. The summed E-state index contributed by atoms with van der Waals surface area (Å²) in [6.07, 6.45) is 0.505. The molecule has 7 heteroatoms. The van der Waals surface area contributed by atoms with E-state index in [0.717, 1.165) is 11.1 Å². The van der Waals surface area contributed by atoms with Gasteiger partial charge in [-0.05, 0) is 57.4 Å². The smallest absolute Gasteiger partial charge is 0.328 e. The lowest BCUT2D eigenvalue weighted by molar-refractivity contribution is -0.154. The van der Waals surface area contributed by atoms with Crippen LogP contribution in [0.2, 0.25) is 0 Å². The van der Waals surface area contributed by atoms with E-state index in [0.29, 0.717) is 12.1 Å². The zero-order valence-corrected chi connectivity index (χ0v) is 18.9. The molecule has 0 aromatic heterocycles. The van der Waals surface area contributed by atoms with Crippen LogP contribution in [0.3, 0.4) is 0 Å². The maximum Gasteiger partial charge on any atom is 0.328 e. The molecule has 0 saturated carbocycles. The number of anilines is 1. The SMILES string of the molecule is C[C@H](NC(=O)N(S)[C@H](COC(=O)C(C)(C)C)Cc1ccccc1)c1ccc(N)cc1. The van der Waals surface area contributed by atoms with Crippen LogP contribution in [0.1, 0.15) is 44.9 Å². The van der Waals surface area contributed by atoms with Crippen LogP contribution in [0.5, 0.6) is 0 Å². The van der Waals surface area contributed by atoms with Crippen LogP contribution in [-0.2, 0) is 16.0 Å². The Hall–Kier alpha value is -2.67. The quantitative estimate of drug-likeness (QED) is 0.346. The summed E-state index contributed by atoms with van der Waals surface area (Å²) in [7, 11) is 0. The molecule has 0 unspecified atom stereocenters. The van der Waals surface area contributed by atoms with Crippen molar-refractivity contribution in [1.29, 1.82) is 0 Å². The summed E-state index contributed by atoms with van der Waals surface area (Å²) in [4.78, 5) is 25.1. The fourth-order valence-electron chi connectivity index (χ4n) is 2.78. The van der Waals surface area contributed by atoms with Crippen LogP contribution in [0.15, 0.2) is 54.6 Å². The molecule has 2 aromatic rings. The van der Waals surface area contributed by atoms with E-state index in [9.17, 15) is 9.59 Å². The largest absolute Gasteiger partial charge is 0.463 e. The molecule has 0 spiro atoms. The molecule has 6 nitrogen and oxygen atoms in total. The van der Waals surface area contributed by atoms with Crippen molar-refractivity contribution in [2.75, 3.05) is 12.3 Å². The minimum atomic E-state index is -0.620. The number of nitrogens with zero attached hydrogens (tertiary/aromatic N) is 1. The number of amides is 2. The van der Waals surface area contributed by atoms with Crippen molar-refractivity contribution in [2.24, 2.45) is 5.41 Å². The summed E-state index contributed by atoms with van der Waals surface area (Å²) >= 11 is 4.44. The van der Waals surface area contributed by atoms with Gasteiger partial charge in [-0.25, -0.2) is 4.79 Å². The number of carbonyl (C=O) groups excluding carboxylic acids is 2. The Kier molecular flexibility index (Phi) is 8.17. The molecule has 0 aliphatic carbocycles. The van der Waals surface area contributed by atoms with E-state index >= 15 is 0 Å². The van der Waals surface area contributed by atoms with Crippen molar-refractivity contribution in [2.45, 2.75) is 46.2 Å². The first kappa shape index (κ1) is 23.6. The molecule has 0 fully saturated rings. The number of nitrogens with two attached hydrogens (primary N) is 1. The summed E-state index contributed by atoms with van der Waals surface area (Å²) in [5, 5.41) is 2.93. The number of rotatable bonds is 7. The molecule has 0 aliphatic heterocycles. The number of benzene rings is 2. The zero-order valence-electron chi connectivity index (χ0n) is 18.0. The van der Waals surface area contributed by atoms with E-state index in [1.807, 2.05) is 49.4 Å². The highest BCUT2D eigenvalue weighted by Gasteiger charge is 2.28. The van der Waals surface area contributed by atoms with E-state index in [4.69, 9.17) is 10.5 Å². The van der Waals surface area contributed by atoms with Crippen molar-refractivity contribution in [1.82, 2.24) is 9.62 Å². The lowest BCUT2D eigenvalue weighted by atomic mass is 9.97. The number of urea groups is 1. The average Bonchev–Trinajstić information content (AvgIpc) is 2.70. The monoisotopic (exact) mass is 429 g/mol. The third kappa shape index (κ3) is 6.99. The molecule has 3 N–H and O–H groups in total. The summed E-state index contributed by atoms with van der Waals surface area (Å²) in [6.45, 7) is 7.32. The van der Waals surface area contributed by atoms with E-state index in [-0.39, 0.29) is 24.6 Å². The van der Waals surface area contributed by atoms with Gasteiger partial charge in [0.1, 0.15) is 6.61 Å². The number of hydrogen-bond acceptors (Lipinski definition) is 5. The van der Waals surface area contributed by atoms with Gasteiger partial charge >= 0.3 is 12.0 Å². The maximum absolute atomic E-state index is 12.8. The second-order valence-corrected chi connectivity index (χ2v) is 8.81. The minimum absolute atomic E-state index is 0.0537. The molecule has 162 valence electrons. The van der Waals surface area contributed by atoms with E-state index in [1.165, 1.54) is 4.31 Å². The van der Waals surface area contributed by atoms with Crippen LogP contribution >= 0.6 is 12.8 Å². The Morgan fingerprint density at radius 3 is 2.27 bits per heavy atom. The third-order valence-corrected chi connectivity index (χ3v) is 5.17. The molecule has 2 atom stereocenters. The summed E-state index contributed by atoms with van der Waals surface area (Å²) in [6, 6.07) is 16.0. The summed E-state index contributed by atoms with van der Waals surface area (Å²) in [5.41, 5.74) is 7.72. The van der Waals surface area contributed by atoms with E-state index in [1.54, 1.807) is 32.9 Å². The van der Waals surface area contributed by atoms with Gasteiger partial charge in [0, 0.05) is 5.69 Å². The standard InChI is InChI=1S/C23H31N3O3S/c1-16(18-10-12-19(24)13-11-18)25-22(28)26(30)20(14-17-8-6-5-7-9-17)15-29-21(27)23(2,3)4/h5-13,16,20,30H,14-15,24H2,1-4H3,(H,25,28)/t16-,20-/m0/s1. The van der Waals surface area contributed by atoms with E-state index in [2.05, 4.69) is 18.1 Å². The van der Waals surface area contributed by atoms with Gasteiger partial charge in [0.15, 0.2) is 0 Å². The third-order valence-electron chi connectivity index (χ3n) is 4.66. The highest BCUT2D eigenvalue weighted by atomic mass is 32.1. The number of thiol groups is 1.